The number of aromatic nitrogens is 2. The summed E-state index contributed by atoms with van der Waals surface area (Å²) in [6.45, 7) is 0.992. The van der Waals surface area contributed by atoms with Crippen molar-refractivity contribution in [2.24, 2.45) is 5.92 Å². The molecule has 4 heteroatoms. The fourth-order valence-corrected chi connectivity index (χ4v) is 2.14. The summed E-state index contributed by atoms with van der Waals surface area (Å²) in [7, 11) is 1.62. The molecular weight excluding hydrogens is 202 g/mol. The maximum Gasteiger partial charge on any atom is 0.222 e. The lowest BCUT2D eigenvalue weighted by atomic mass is 9.89. The molecule has 4 nitrogen and oxygen atoms in total. The minimum absolute atomic E-state index is 0.697. The van der Waals surface area contributed by atoms with Crippen LogP contribution in [0.5, 0.6) is 5.75 Å². The van der Waals surface area contributed by atoms with E-state index in [0.29, 0.717) is 11.7 Å². The Hall–Kier alpha value is -1.32. The Morgan fingerprint density at radius 3 is 2.56 bits per heavy atom. The van der Waals surface area contributed by atoms with Crippen LogP contribution in [0.2, 0.25) is 0 Å². The minimum atomic E-state index is 0.697. The highest BCUT2D eigenvalue weighted by Gasteiger charge is 2.13. The zero-order chi connectivity index (χ0) is 11.2. The lowest BCUT2D eigenvalue weighted by Gasteiger charge is -2.21. The Morgan fingerprint density at radius 1 is 1.25 bits per heavy atom. The average molecular weight is 221 g/mol. The van der Waals surface area contributed by atoms with Gasteiger partial charge >= 0.3 is 0 Å². The molecule has 0 radical (unpaired) electrons. The number of anilines is 1. The Kier molecular flexibility index (Phi) is 3.97. The van der Waals surface area contributed by atoms with E-state index >= 15 is 0 Å². The number of hydrogen-bond donors (Lipinski definition) is 1. The van der Waals surface area contributed by atoms with E-state index < -0.39 is 0 Å². The van der Waals surface area contributed by atoms with E-state index in [1.165, 1.54) is 32.1 Å². The number of ether oxygens (including phenoxy) is 1. The van der Waals surface area contributed by atoms with Gasteiger partial charge in [-0.05, 0) is 18.8 Å². The van der Waals surface area contributed by atoms with Crippen molar-refractivity contribution in [3.63, 3.8) is 0 Å². The monoisotopic (exact) mass is 221 g/mol. The number of methoxy groups -OCH3 is 1. The molecule has 0 bridgehead atoms. The van der Waals surface area contributed by atoms with Crippen molar-refractivity contribution < 1.29 is 4.74 Å². The van der Waals surface area contributed by atoms with Gasteiger partial charge in [0.15, 0.2) is 5.75 Å². The molecule has 1 heterocycles. The number of rotatable bonds is 4. The van der Waals surface area contributed by atoms with Gasteiger partial charge in [0, 0.05) is 6.54 Å². The summed E-state index contributed by atoms with van der Waals surface area (Å²) in [5.41, 5.74) is 0. The Balaban J connectivity index is 1.79. The van der Waals surface area contributed by atoms with Crippen molar-refractivity contribution in [3.8, 4) is 5.75 Å². The fourth-order valence-electron chi connectivity index (χ4n) is 2.14. The van der Waals surface area contributed by atoms with E-state index in [0.717, 1.165) is 12.5 Å². The SMILES string of the molecule is COc1cnc(NCC2CCCCC2)nc1. The summed E-state index contributed by atoms with van der Waals surface area (Å²) < 4.78 is 5.01. The van der Waals surface area contributed by atoms with E-state index in [9.17, 15) is 0 Å². The molecule has 0 unspecified atom stereocenters. The third-order valence-corrected chi connectivity index (χ3v) is 3.14. The third-order valence-electron chi connectivity index (χ3n) is 3.14. The highest BCUT2D eigenvalue weighted by Crippen LogP contribution is 2.23. The molecule has 1 aromatic heterocycles. The van der Waals surface area contributed by atoms with Gasteiger partial charge < -0.3 is 10.1 Å². The quantitative estimate of drug-likeness (QED) is 0.848. The summed E-state index contributed by atoms with van der Waals surface area (Å²) in [4.78, 5) is 8.37. The molecular formula is C12H19N3O. The maximum atomic E-state index is 5.01. The predicted octanol–water partition coefficient (Wildman–Crippen LogP) is 2.48. The molecule has 0 spiro atoms. The van der Waals surface area contributed by atoms with Crippen LogP contribution in [0.15, 0.2) is 12.4 Å². The van der Waals surface area contributed by atoms with Crippen LogP contribution in [0.25, 0.3) is 0 Å². The number of nitrogens with zero attached hydrogens (tertiary/aromatic N) is 2. The lowest BCUT2D eigenvalue weighted by Crippen LogP contribution is -2.18. The molecule has 0 aliphatic heterocycles. The summed E-state index contributed by atoms with van der Waals surface area (Å²) >= 11 is 0. The van der Waals surface area contributed by atoms with Gasteiger partial charge in [0.25, 0.3) is 0 Å². The lowest BCUT2D eigenvalue weighted by molar-refractivity contribution is 0.373. The number of hydrogen-bond acceptors (Lipinski definition) is 4. The van der Waals surface area contributed by atoms with E-state index in [1.807, 2.05) is 0 Å². The van der Waals surface area contributed by atoms with Gasteiger partial charge in [-0.1, -0.05) is 19.3 Å². The van der Waals surface area contributed by atoms with E-state index in [-0.39, 0.29) is 0 Å². The Bertz CT molecular complexity index is 307. The van der Waals surface area contributed by atoms with Gasteiger partial charge in [0.05, 0.1) is 19.5 Å². The van der Waals surface area contributed by atoms with Crippen LogP contribution in [0.4, 0.5) is 5.95 Å². The highest BCUT2D eigenvalue weighted by molar-refractivity contribution is 5.26. The van der Waals surface area contributed by atoms with Gasteiger partial charge in [0.2, 0.25) is 5.95 Å². The molecule has 16 heavy (non-hydrogen) atoms. The summed E-state index contributed by atoms with van der Waals surface area (Å²) in [6, 6.07) is 0. The van der Waals surface area contributed by atoms with E-state index in [1.54, 1.807) is 19.5 Å². The first kappa shape index (κ1) is 11.2. The van der Waals surface area contributed by atoms with Crippen molar-refractivity contribution in [2.75, 3.05) is 19.0 Å². The van der Waals surface area contributed by atoms with Gasteiger partial charge in [-0.25, -0.2) is 9.97 Å². The van der Waals surface area contributed by atoms with Crippen molar-refractivity contribution in [2.45, 2.75) is 32.1 Å². The smallest absolute Gasteiger partial charge is 0.222 e. The normalized spacial score (nSPS) is 17.1. The van der Waals surface area contributed by atoms with Gasteiger partial charge in [-0.2, -0.15) is 0 Å². The largest absolute Gasteiger partial charge is 0.494 e. The summed E-state index contributed by atoms with van der Waals surface area (Å²) in [5, 5.41) is 3.29. The highest BCUT2D eigenvalue weighted by atomic mass is 16.5. The van der Waals surface area contributed by atoms with E-state index in [4.69, 9.17) is 4.74 Å². The molecule has 2 rings (SSSR count). The minimum Gasteiger partial charge on any atom is -0.494 e. The Morgan fingerprint density at radius 2 is 1.94 bits per heavy atom. The van der Waals surface area contributed by atoms with Crippen LogP contribution in [-0.4, -0.2) is 23.6 Å². The molecule has 0 saturated heterocycles. The van der Waals surface area contributed by atoms with Crippen LogP contribution in [0, 0.1) is 5.92 Å². The predicted molar refractivity (Wildman–Crippen MR) is 63.6 cm³/mol. The van der Waals surface area contributed by atoms with Crippen molar-refractivity contribution in [1.29, 1.82) is 0 Å². The van der Waals surface area contributed by atoms with Crippen LogP contribution in [-0.2, 0) is 0 Å². The van der Waals surface area contributed by atoms with Crippen molar-refractivity contribution in [3.05, 3.63) is 12.4 Å². The molecule has 0 amide bonds. The van der Waals surface area contributed by atoms with Gasteiger partial charge in [-0.15, -0.1) is 0 Å². The van der Waals surface area contributed by atoms with Crippen LogP contribution in [0.1, 0.15) is 32.1 Å². The summed E-state index contributed by atoms with van der Waals surface area (Å²) in [6.07, 6.45) is 10.2. The zero-order valence-corrected chi connectivity index (χ0v) is 9.78. The molecule has 1 fully saturated rings. The first-order chi connectivity index (χ1) is 7.88. The van der Waals surface area contributed by atoms with Gasteiger partial charge in [0.1, 0.15) is 0 Å². The second-order valence-corrected chi connectivity index (χ2v) is 4.33. The van der Waals surface area contributed by atoms with Crippen molar-refractivity contribution in [1.82, 2.24) is 9.97 Å². The fraction of sp³-hybridized carbons (Fsp3) is 0.667. The molecule has 0 aromatic carbocycles. The van der Waals surface area contributed by atoms with Crippen LogP contribution in [0.3, 0.4) is 0 Å². The van der Waals surface area contributed by atoms with Crippen molar-refractivity contribution >= 4 is 5.95 Å². The van der Waals surface area contributed by atoms with Crippen LogP contribution < -0.4 is 10.1 Å². The summed E-state index contributed by atoms with van der Waals surface area (Å²) in [5.74, 6) is 2.19. The Labute approximate surface area is 96.4 Å². The second kappa shape index (κ2) is 5.68. The first-order valence-corrected chi connectivity index (χ1v) is 5.98. The third kappa shape index (κ3) is 3.08. The molecule has 1 aromatic rings. The maximum absolute atomic E-state index is 5.01. The molecule has 0 atom stereocenters. The van der Waals surface area contributed by atoms with Crippen LogP contribution >= 0.6 is 0 Å². The average Bonchev–Trinajstić information content (AvgIpc) is 2.38. The molecule has 1 saturated carbocycles. The standard InChI is InChI=1S/C12H19N3O/c1-16-11-8-14-12(15-9-11)13-7-10-5-3-2-4-6-10/h8-10H,2-7H2,1H3,(H,13,14,15). The van der Waals surface area contributed by atoms with Gasteiger partial charge in [-0.3, -0.25) is 0 Å². The number of nitrogens with one attached hydrogen (secondary N) is 1. The molecule has 1 aliphatic rings. The second-order valence-electron chi connectivity index (χ2n) is 4.33. The van der Waals surface area contributed by atoms with E-state index in [2.05, 4.69) is 15.3 Å². The molecule has 1 aliphatic carbocycles. The molecule has 88 valence electrons. The topological polar surface area (TPSA) is 47.0 Å². The zero-order valence-electron chi connectivity index (χ0n) is 9.78. The first-order valence-electron chi connectivity index (χ1n) is 5.98. The molecule has 1 N–H and O–H groups in total.